The molecule has 2 aromatic heterocycles. The quantitative estimate of drug-likeness (QED) is 0.686. The highest BCUT2D eigenvalue weighted by atomic mass is 35.5. The number of benzene rings is 1. The topological polar surface area (TPSA) is 71.2 Å². The Balaban J connectivity index is 1.52. The van der Waals surface area contributed by atoms with Crippen molar-refractivity contribution >= 4 is 34.5 Å². The fourth-order valence-electron chi connectivity index (χ4n) is 3.19. The van der Waals surface area contributed by atoms with Crippen LogP contribution in [0.25, 0.3) is 5.57 Å². The van der Waals surface area contributed by atoms with Gasteiger partial charge in [0.05, 0.1) is 23.5 Å². The van der Waals surface area contributed by atoms with Crippen molar-refractivity contribution in [3.05, 3.63) is 79.4 Å². The van der Waals surface area contributed by atoms with Gasteiger partial charge in [-0.25, -0.2) is 14.2 Å². The normalized spacial score (nSPS) is 16.8. The van der Waals surface area contributed by atoms with Gasteiger partial charge in [0.15, 0.2) is 0 Å². The summed E-state index contributed by atoms with van der Waals surface area (Å²) in [6.07, 6.45) is 2.41. The number of rotatable bonds is 4. The summed E-state index contributed by atoms with van der Waals surface area (Å²) in [5, 5.41) is 10.6. The van der Waals surface area contributed by atoms with Crippen LogP contribution in [0, 0.1) is 12.7 Å². The summed E-state index contributed by atoms with van der Waals surface area (Å²) in [5.41, 5.74) is 1.43. The first-order valence-corrected chi connectivity index (χ1v) is 10.2. The molecule has 0 aliphatic carbocycles. The predicted molar refractivity (Wildman–Crippen MR) is 112 cm³/mol. The highest BCUT2D eigenvalue weighted by Gasteiger charge is 2.24. The number of aliphatic hydroxyl groups is 1. The van der Waals surface area contributed by atoms with E-state index in [1.165, 1.54) is 28.3 Å². The van der Waals surface area contributed by atoms with Crippen LogP contribution in [0.3, 0.4) is 0 Å². The molecule has 1 N–H and O–H groups in total. The van der Waals surface area contributed by atoms with Crippen molar-refractivity contribution in [2.24, 2.45) is 0 Å². The number of hydrogen-bond donors (Lipinski definition) is 1. The van der Waals surface area contributed by atoms with Crippen molar-refractivity contribution < 1.29 is 9.50 Å². The molecule has 0 amide bonds. The molecule has 9 heteroatoms. The average molecular weight is 433 g/mol. The summed E-state index contributed by atoms with van der Waals surface area (Å²) in [6.45, 7) is 2.67. The second-order valence-electron chi connectivity index (χ2n) is 6.82. The summed E-state index contributed by atoms with van der Waals surface area (Å²) in [5.74, 6) is -0.0584. The number of thiophene rings is 1. The van der Waals surface area contributed by atoms with Crippen LogP contribution < -0.4 is 10.6 Å². The average Bonchev–Trinajstić information content (AvgIpc) is 3.10. The van der Waals surface area contributed by atoms with Gasteiger partial charge in [0.1, 0.15) is 12.1 Å². The molecule has 1 aliphatic heterocycles. The Morgan fingerprint density at radius 1 is 1.34 bits per heavy atom. The van der Waals surface area contributed by atoms with Crippen molar-refractivity contribution in [3.63, 3.8) is 0 Å². The lowest BCUT2D eigenvalue weighted by Crippen LogP contribution is -2.40. The Labute approximate surface area is 175 Å². The van der Waals surface area contributed by atoms with Gasteiger partial charge in [-0.1, -0.05) is 29.8 Å². The number of aryl methyl sites for hydroxylation is 1. The number of hydrogen-bond acceptors (Lipinski definition) is 6. The smallest absolute Gasteiger partial charge is 0.352 e. The van der Waals surface area contributed by atoms with E-state index in [9.17, 15) is 14.3 Å². The van der Waals surface area contributed by atoms with Crippen LogP contribution in [-0.2, 0) is 6.54 Å². The first-order valence-electron chi connectivity index (χ1n) is 8.98. The van der Waals surface area contributed by atoms with Gasteiger partial charge >= 0.3 is 5.69 Å². The fraction of sp³-hybridized carbons (Fsp3) is 0.250. The molecule has 0 saturated heterocycles. The van der Waals surface area contributed by atoms with Gasteiger partial charge < -0.3 is 10.0 Å². The molecular weight excluding hydrogens is 415 g/mol. The standard InChI is InChI=1S/C20H18ClFN4O2S/c1-12-2-3-13(8-16(12)22)15-6-7-25(10-17(15)27)19-23-11-26(20(28)24-19)9-14-4-5-18(21)29-14/h2-6,8,11,17,27H,7,9-10H2,1H3. The lowest BCUT2D eigenvalue weighted by atomic mass is 9.96. The Hall–Kier alpha value is -2.55. The first-order chi connectivity index (χ1) is 13.9. The van der Waals surface area contributed by atoms with Gasteiger partial charge in [-0.05, 0) is 41.8 Å². The van der Waals surface area contributed by atoms with E-state index in [-0.39, 0.29) is 18.3 Å². The highest BCUT2D eigenvalue weighted by molar-refractivity contribution is 7.16. The Bertz CT molecular complexity index is 1140. The van der Waals surface area contributed by atoms with Gasteiger partial charge in [-0.3, -0.25) is 4.57 Å². The largest absolute Gasteiger partial charge is 0.387 e. The molecule has 0 radical (unpaired) electrons. The van der Waals surface area contributed by atoms with Gasteiger partial charge in [-0.2, -0.15) is 4.98 Å². The molecule has 29 heavy (non-hydrogen) atoms. The van der Waals surface area contributed by atoms with E-state index in [2.05, 4.69) is 9.97 Å². The monoisotopic (exact) mass is 432 g/mol. The van der Waals surface area contributed by atoms with Crippen LogP contribution in [0.5, 0.6) is 0 Å². The third-order valence-corrected chi connectivity index (χ3v) is 6.00. The second kappa shape index (κ2) is 8.06. The molecule has 0 fully saturated rings. The first kappa shape index (κ1) is 19.8. The van der Waals surface area contributed by atoms with Crippen LogP contribution in [0.15, 0.2) is 47.5 Å². The minimum atomic E-state index is -0.842. The second-order valence-corrected chi connectivity index (χ2v) is 8.62. The molecular formula is C20H18ClFN4O2S. The van der Waals surface area contributed by atoms with E-state index in [4.69, 9.17) is 11.6 Å². The summed E-state index contributed by atoms with van der Waals surface area (Å²) in [4.78, 5) is 23.3. The molecule has 1 aromatic carbocycles. The van der Waals surface area contributed by atoms with Crippen LogP contribution in [0.2, 0.25) is 4.34 Å². The van der Waals surface area contributed by atoms with Crippen molar-refractivity contribution in [1.29, 1.82) is 0 Å². The number of anilines is 1. The number of β-amino-alcohol motifs (C(OH)–C–C–N with tert-alkyl or cyclic N) is 1. The molecule has 1 aliphatic rings. The summed E-state index contributed by atoms with van der Waals surface area (Å²) >= 11 is 7.32. The Morgan fingerprint density at radius 2 is 2.17 bits per heavy atom. The van der Waals surface area contributed by atoms with Gasteiger partial charge in [0, 0.05) is 11.4 Å². The molecule has 150 valence electrons. The van der Waals surface area contributed by atoms with E-state index in [1.807, 2.05) is 6.07 Å². The van der Waals surface area contributed by atoms with Crippen LogP contribution in [0.4, 0.5) is 10.3 Å². The zero-order chi connectivity index (χ0) is 20.5. The molecule has 4 rings (SSSR count). The van der Waals surface area contributed by atoms with Crippen molar-refractivity contribution in [1.82, 2.24) is 14.5 Å². The van der Waals surface area contributed by atoms with E-state index >= 15 is 0 Å². The zero-order valence-corrected chi connectivity index (χ0v) is 17.1. The maximum Gasteiger partial charge on any atom is 0.352 e. The third-order valence-electron chi connectivity index (χ3n) is 4.78. The summed E-state index contributed by atoms with van der Waals surface area (Å²) in [6, 6.07) is 8.54. The lowest BCUT2D eigenvalue weighted by Gasteiger charge is -2.30. The zero-order valence-electron chi connectivity index (χ0n) is 15.5. The molecule has 1 unspecified atom stereocenters. The van der Waals surface area contributed by atoms with Crippen LogP contribution in [0.1, 0.15) is 16.0 Å². The lowest BCUT2D eigenvalue weighted by molar-refractivity contribution is 0.233. The SMILES string of the molecule is Cc1ccc(C2=CCN(c3ncn(Cc4ccc(Cl)s4)c(=O)n3)CC2O)cc1F. The molecule has 0 spiro atoms. The third kappa shape index (κ3) is 4.24. The van der Waals surface area contributed by atoms with Gasteiger partial charge in [0.2, 0.25) is 5.95 Å². The number of nitrogens with zero attached hydrogens (tertiary/aromatic N) is 4. The van der Waals surface area contributed by atoms with E-state index < -0.39 is 11.8 Å². The Kier molecular flexibility index (Phi) is 5.49. The molecule has 0 saturated carbocycles. The molecule has 3 heterocycles. The molecule has 0 bridgehead atoms. The van der Waals surface area contributed by atoms with Crippen molar-refractivity contribution in [2.45, 2.75) is 19.6 Å². The summed E-state index contributed by atoms with van der Waals surface area (Å²) in [7, 11) is 0. The van der Waals surface area contributed by atoms with E-state index in [0.717, 1.165) is 4.88 Å². The molecule has 3 aromatic rings. The Morgan fingerprint density at radius 3 is 2.83 bits per heavy atom. The van der Waals surface area contributed by atoms with E-state index in [0.29, 0.717) is 34.1 Å². The van der Waals surface area contributed by atoms with Crippen molar-refractivity contribution in [2.75, 3.05) is 18.0 Å². The highest BCUT2D eigenvalue weighted by Crippen LogP contribution is 2.26. The van der Waals surface area contributed by atoms with Crippen LogP contribution in [-0.4, -0.2) is 38.8 Å². The minimum Gasteiger partial charge on any atom is -0.387 e. The van der Waals surface area contributed by atoms with Gasteiger partial charge in [-0.15, -0.1) is 11.3 Å². The molecule has 6 nitrogen and oxygen atoms in total. The maximum atomic E-state index is 13.9. The van der Waals surface area contributed by atoms with E-state index in [1.54, 1.807) is 36.1 Å². The predicted octanol–water partition coefficient (Wildman–Crippen LogP) is 3.11. The number of halogens is 2. The fourth-order valence-corrected chi connectivity index (χ4v) is 4.27. The number of aromatic nitrogens is 3. The molecule has 1 atom stereocenters. The van der Waals surface area contributed by atoms with Crippen molar-refractivity contribution in [3.8, 4) is 0 Å². The number of aliphatic hydroxyl groups excluding tert-OH is 1. The van der Waals surface area contributed by atoms with Gasteiger partial charge in [0.25, 0.3) is 0 Å². The van der Waals surface area contributed by atoms with Crippen LogP contribution >= 0.6 is 22.9 Å². The summed E-state index contributed by atoms with van der Waals surface area (Å²) < 4.78 is 15.9. The minimum absolute atomic E-state index is 0.214. The maximum absolute atomic E-state index is 13.9.